The number of hydrogen-bond donors (Lipinski definition) is 0. The lowest BCUT2D eigenvalue weighted by molar-refractivity contribution is 0.0856. The van der Waals surface area contributed by atoms with Crippen LogP contribution in [0.5, 0.6) is 5.75 Å². The minimum Gasteiger partial charge on any atom is -0.493 e. The fourth-order valence-corrected chi connectivity index (χ4v) is 2.08. The van der Waals surface area contributed by atoms with Crippen molar-refractivity contribution in [3.8, 4) is 5.75 Å². The number of benzene rings is 1. The van der Waals surface area contributed by atoms with E-state index in [1.807, 2.05) is 0 Å². The third kappa shape index (κ3) is 2.12. The molecule has 0 amide bonds. The second-order valence-corrected chi connectivity index (χ2v) is 4.82. The maximum absolute atomic E-state index is 12.7. The molecule has 1 fully saturated rings. The average Bonchev–Trinajstić information content (AvgIpc) is 2.95. The summed E-state index contributed by atoms with van der Waals surface area (Å²) in [4.78, 5) is 3.97. The molecular weight excluding hydrogens is 260 g/mol. The first-order valence-electron chi connectivity index (χ1n) is 5.61. The second-order valence-electron chi connectivity index (χ2n) is 4.46. The summed E-state index contributed by atoms with van der Waals surface area (Å²) in [6, 6.07) is 7.09. The first-order valence-corrected chi connectivity index (χ1v) is 5.99. The monoisotopic (exact) mass is 269 g/mol. The van der Waals surface area contributed by atoms with E-state index >= 15 is 0 Å². The molecule has 1 aliphatic rings. The van der Waals surface area contributed by atoms with E-state index in [1.54, 1.807) is 30.5 Å². The predicted molar refractivity (Wildman–Crippen MR) is 65.3 cm³/mol. The summed E-state index contributed by atoms with van der Waals surface area (Å²) in [5.74, 6) is -2.61. The molecule has 18 heavy (non-hydrogen) atoms. The summed E-state index contributed by atoms with van der Waals surface area (Å²) >= 11 is 5.93. The molecule has 1 aromatic carbocycles. The van der Waals surface area contributed by atoms with Gasteiger partial charge in [-0.1, -0.05) is 11.6 Å². The summed E-state index contributed by atoms with van der Waals surface area (Å²) in [6.45, 7) is 0.0529. The van der Waals surface area contributed by atoms with Gasteiger partial charge in [0.1, 0.15) is 10.9 Å². The number of aromatic nitrogens is 1. The Morgan fingerprint density at radius 3 is 2.89 bits per heavy atom. The van der Waals surface area contributed by atoms with Crippen LogP contribution >= 0.6 is 11.6 Å². The third-order valence-electron chi connectivity index (χ3n) is 3.09. The van der Waals surface area contributed by atoms with E-state index in [-0.39, 0.29) is 13.0 Å². The number of fused-ring (bicyclic) bond motifs is 1. The number of hydrogen-bond acceptors (Lipinski definition) is 2. The van der Waals surface area contributed by atoms with Gasteiger partial charge in [-0.2, -0.15) is 0 Å². The Labute approximate surface area is 108 Å². The molecule has 2 aromatic rings. The van der Waals surface area contributed by atoms with Gasteiger partial charge in [0.05, 0.1) is 12.5 Å². The zero-order valence-electron chi connectivity index (χ0n) is 9.37. The SMILES string of the molecule is FC1(F)CC1COc1ccc2c(Cl)nccc2c1. The standard InChI is InChI=1S/C13H10ClF2NO/c14-12-11-2-1-10(5-8(11)3-4-17-12)18-7-9-6-13(9,15)16/h1-5,9H,6-7H2. The molecule has 1 heterocycles. The van der Waals surface area contributed by atoms with Crippen molar-refractivity contribution < 1.29 is 13.5 Å². The van der Waals surface area contributed by atoms with Crippen LogP contribution in [0.4, 0.5) is 8.78 Å². The van der Waals surface area contributed by atoms with Crippen LogP contribution in [0.2, 0.25) is 5.15 Å². The minimum absolute atomic E-state index is 0.0529. The molecule has 0 aliphatic heterocycles. The summed E-state index contributed by atoms with van der Waals surface area (Å²) in [5.41, 5.74) is 0. The molecule has 1 saturated carbocycles. The summed E-state index contributed by atoms with van der Waals surface area (Å²) in [5, 5.41) is 2.13. The van der Waals surface area contributed by atoms with E-state index < -0.39 is 11.8 Å². The van der Waals surface area contributed by atoms with Gasteiger partial charge in [0.2, 0.25) is 0 Å². The zero-order valence-corrected chi connectivity index (χ0v) is 10.1. The first-order chi connectivity index (χ1) is 8.56. The summed E-state index contributed by atoms with van der Waals surface area (Å²) in [7, 11) is 0. The summed E-state index contributed by atoms with van der Waals surface area (Å²) in [6.07, 6.45) is 1.53. The Hall–Kier alpha value is -1.42. The third-order valence-corrected chi connectivity index (χ3v) is 3.40. The van der Waals surface area contributed by atoms with Gasteiger partial charge in [-0.25, -0.2) is 13.8 Å². The van der Waals surface area contributed by atoms with Gasteiger partial charge in [-0.15, -0.1) is 0 Å². The van der Waals surface area contributed by atoms with Crippen LogP contribution in [-0.4, -0.2) is 17.5 Å². The number of pyridine rings is 1. The van der Waals surface area contributed by atoms with Gasteiger partial charge >= 0.3 is 0 Å². The average molecular weight is 270 g/mol. The Kier molecular flexibility index (Phi) is 2.63. The maximum atomic E-state index is 12.7. The summed E-state index contributed by atoms with van der Waals surface area (Å²) < 4.78 is 30.8. The number of alkyl halides is 2. The van der Waals surface area contributed by atoms with E-state index in [4.69, 9.17) is 16.3 Å². The quantitative estimate of drug-likeness (QED) is 0.788. The smallest absolute Gasteiger partial charge is 0.255 e. The van der Waals surface area contributed by atoms with E-state index in [0.29, 0.717) is 10.9 Å². The zero-order chi connectivity index (χ0) is 12.8. The Morgan fingerprint density at radius 2 is 2.17 bits per heavy atom. The lowest BCUT2D eigenvalue weighted by atomic mass is 10.2. The number of rotatable bonds is 3. The van der Waals surface area contributed by atoms with Crippen molar-refractivity contribution in [2.75, 3.05) is 6.61 Å². The molecule has 0 N–H and O–H groups in total. The van der Waals surface area contributed by atoms with E-state index in [9.17, 15) is 8.78 Å². The molecular formula is C13H10ClF2NO. The molecule has 0 saturated heterocycles. The molecule has 2 nitrogen and oxygen atoms in total. The minimum atomic E-state index is -2.54. The van der Waals surface area contributed by atoms with Crippen molar-refractivity contribution in [2.45, 2.75) is 12.3 Å². The Bertz CT molecular complexity index is 603. The van der Waals surface area contributed by atoms with Crippen LogP contribution in [0.15, 0.2) is 30.5 Å². The van der Waals surface area contributed by atoms with Gasteiger partial charge < -0.3 is 4.74 Å². The van der Waals surface area contributed by atoms with Crippen molar-refractivity contribution in [1.82, 2.24) is 4.98 Å². The fourth-order valence-electron chi connectivity index (χ4n) is 1.86. The highest BCUT2D eigenvalue weighted by atomic mass is 35.5. The van der Waals surface area contributed by atoms with Crippen molar-refractivity contribution in [3.05, 3.63) is 35.6 Å². The van der Waals surface area contributed by atoms with Gasteiger partial charge in [0.15, 0.2) is 0 Å². The highest BCUT2D eigenvalue weighted by molar-refractivity contribution is 6.34. The molecule has 1 unspecified atom stereocenters. The molecule has 1 aromatic heterocycles. The topological polar surface area (TPSA) is 22.1 Å². The molecule has 94 valence electrons. The molecule has 1 atom stereocenters. The first kappa shape index (κ1) is 11.7. The molecule has 0 spiro atoms. The van der Waals surface area contributed by atoms with Crippen molar-refractivity contribution >= 4 is 22.4 Å². The van der Waals surface area contributed by atoms with Gasteiger partial charge in [0.25, 0.3) is 5.92 Å². The number of ether oxygens (including phenoxy) is 1. The number of halogens is 3. The van der Waals surface area contributed by atoms with Crippen LogP contribution < -0.4 is 4.74 Å². The molecule has 0 bridgehead atoms. The van der Waals surface area contributed by atoms with Gasteiger partial charge in [-0.05, 0) is 29.7 Å². The predicted octanol–water partition coefficient (Wildman–Crippen LogP) is 3.92. The van der Waals surface area contributed by atoms with Crippen molar-refractivity contribution in [3.63, 3.8) is 0 Å². The van der Waals surface area contributed by atoms with Crippen molar-refractivity contribution in [2.24, 2.45) is 5.92 Å². The molecule has 0 radical (unpaired) electrons. The normalized spacial score (nSPS) is 20.9. The van der Waals surface area contributed by atoms with E-state index in [2.05, 4.69) is 4.98 Å². The highest BCUT2D eigenvalue weighted by Gasteiger charge is 2.57. The maximum Gasteiger partial charge on any atom is 0.255 e. The van der Waals surface area contributed by atoms with Crippen LogP contribution in [0, 0.1) is 5.92 Å². The highest BCUT2D eigenvalue weighted by Crippen LogP contribution is 2.48. The van der Waals surface area contributed by atoms with Crippen LogP contribution in [0.3, 0.4) is 0 Å². The number of nitrogens with zero attached hydrogens (tertiary/aromatic N) is 1. The molecule has 1 aliphatic carbocycles. The van der Waals surface area contributed by atoms with Crippen LogP contribution in [0.25, 0.3) is 10.8 Å². The van der Waals surface area contributed by atoms with Crippen LogP contribution in [-0.2, 0) is 0 Å². The van der Waals surface area contributed by atoms with E-state index in [0.717, 1.165) is 10.8 Å². The van der Waals surface area contributed by atoms with E-state index in [1.165, 1.54) is 0 Å². The van der Waals surface area contributed by atoms with Crippen molar-refractivity contribution in [1.29, 1.82) is 0 Å². The molecule has 3 rings (SSSR count). The second kappa shape index (κ2) is 4.05. The lowest BCUT2D eigenvalue weighted by Gasteiger charge is -2.07. The fraction of sp³-hybridized carbons (Fsp3) is 0.308. The Balaban J connectivity index is 1.77. The lowest BCUT2D eigenvalue weighted by Crippen LogP contribution is -2.05. The van der Waals surface area contributed by atoms with Gasteiger partial charge in [-0.3, -0.25) is 0 Å². The van der Waals surface area contributed by atoms with Gasteiger partial charge in [0, 0.05) is 18.0 Å². The van der Waals surface area contributed by atoms with Crippen LogP contribution in [0.1, 0.15) is 6.42 Å². The largest absolute Gasteiger partial charge is 0.493 e. The molecule has 5 heteroatoms. The Morgan fingerprint density at radius 1 is 1.39 bits per heavy atom.